The Labute approximate surface area is 207 Å². The van der Waals surface area contributed by atoms with Gasteiger partial charge in [-0.1, -0.05) is 54.6 Å². The van der Waals surface area contributed by atoms with Crippen LogP contribution in [-0.4, -0.2) is 20.3 Å². The molecule has 0 saturated heterocycles. The molecular weight excluding hydrogens is 452 g/mol. The number of anilines is 1. The Hall–Kier alpha value is -3.77. The Morgan fingerprint density at radius 1 is 0.971 bits per heavy atom. The van der Waals surface area contributed by atoms with E-state index in [0.717, 1.165) is 29.1 Å². The van der Waals surface area contributed by atoms with E-state index in [-0.39, 0.29) is 17.7 Å². The molecule has 0 aliphatic heterocycles. The molecule has 5 nitrogen and oxygen atoms in total. The molecule has 2 aromatic carbocycles. The first-order chi connectivity index (χ1) is 17.0. The zero-order valence-electron chi connectivity index (χ0n) is 19.5. The third-order valence-corrected chi connectivity index (χ3v) is 8.58. The first-order valence-electron chi connectivity index (χ1n) is 11.9. The highest BCUT2D eigenvalue weighted by atomic mass is 32.1. The first-order valence-corrected chi connectivity index (χ1v) is 12.8. The summed E-state index contributed by atoms with van der Waals surface area (Å²) in [4.78, 5) is 23.4. The van der Waals surface area contributed by atoms with Gasteiger partial charge in [0.15, 0.2) is 5.13 Å². The smallest absolute Gasteiger partial charge is 0.233 e. The molecule has 8 rings (SSSR count). The second kappa shape index (κ2) is 7.36. The second-order valence-corrected chi connectivity index (χ2v) is 10.7. The molecule has 0 fully saturated rings. The van der Waals surface area contributed by atoms with E-state index < -0.39 is 5.41 Å². The van der Waals surface area contributed by atoms with Crippen molar-refractivity contribution in [1.29, 1.82) is 0 Å². The normalized spacial score (nSPS) is 22.1. The van der Waals surface area contributed by atoms with E-state index in [9.17, 15) is 4.79 Å². The van der Waals surface area contributed by atoms with E-state index in [1.54, 1.807) is 0 Å². The Morgan fingerprint density at radius 3 is 2.34 bits per heavy atom. The number of fused-ring (bicyclic) bond motifs is 2. The van der Waals surface area contributed by atoms with Crippen molar-refractivity contribution >= 4 is 28.0 Å². The van der Waals surface area contributed by atoms with Crippen LogP contribution in [0.4, 0.5) is 5.13 Å². The summed E-state index contributed by atoms with van der Waals surface area (Å²) in [6, 6.07) is 23.2. The number of thiazole rings is 1. The van der Waals surface area contributed by atoms with Crippen molar-refractivity contribution in [3.8, 4) is 11.4 Å². The number of pyridine rings is 1. The summed E-state index contributed by atoms with van der Waals surface area (Å²) < 4.78 is 2.05. The van der Waals surface area contributed by atoms with Crippen LogP contribution in [0.3, 0.4) is 0 Å². The lowest BCUT2D eigenvalue weighted by Gasteiger charge is -2.50. The van der Waals surface area contributed by atoms with Gasteiger partial charge in [-0.15, -0.1) is 11.3 Å². The summed E-state index contributed by atoms with van der Waals surface area (Å²) in [6.07, 6.45) is 2.79. The molecule has 1 unspecified atom stereocenters. The molecule has 5 aromatic rings. The van der Waals surface area contributed by atoms with E-state index in [4.69, 9.17) is 4.98 Å². The fourth-order valence-electron chi connectivity index (χ4n) is 6.29. The molecule has 172 valence electrons. The maximum absolute atomic E-state index is 13.9. The van der Waals surface area contributed by atoms with E-state index in [1.807, 2.05) is 41.1 Å². The van der Waals surface area contributed by atoms with Crippen molar-refractivity contribution in [2.75, 3.05) is 5.32 Å². The molecule has 1 amide bonds. The molecule has 35 heavy (non-hydrogen) atoms. The topological polar surface area (TPSA) is 59.3 Å². The summed E-state index contributed by atoms with van der Waals surface area (Å²) in [5.41, 5.74) is 8.32. The Bertz CT molecular complexity index is 1590. The van der Waals surface area contributed by atoms with Crippen molar-refractivity contribution in [1.82, 2.24) is 14.4 Å². The zero-order chi connectivity index (χ0) is 23.7. The SMILES string of the molecule is Cc1nc2ccccn2c1-c1csc(NC(=O)C2(C)CC3c4ccccc4C2c2ccccc23)n1. The fourth-order valence-corrected chi connectivity index (χ4v) is 6.98. The fraction of sp³-hybridized carbons (Fsp3) is 0.207. The number of aromatic nitrogens is 3. The number of carbonyl (C=O) groups is 1. The number of rotatable bonds is 3. The van der Waals surface area contributed by atoms with Gasteiger partial charge in [-0.05, 0) is 54.7 Å². The van der Waals surface area contributed by atoms with Crippen LogP contribution in [-0.2, 0) is 4.79 Å². The molecule has 1 N–H and O–H groups in total. The number of nitrogens with one attached hydrogen (secondary N) is 1. The maximum Gasteiger partial charge on any atom is 0.233 e. The van der Waals surface area contributed by atoms with Crippen LogP contribution >= 0.6 is 11.3 Å². The summed E-state index contributed by atoms with van der Waals surface area (Å²) in [5, 5.41) is 5.81. The Morgan fingerprint density at radius 2 is 1.63 bits per heavy atom. The average Bonchev–Trinajstić information content (AvgIpc) is 3.46. The third-order valence-electron chi connectivity index (χ3n) is 7.82. The largest absolute Gasteiger partial charge is 0.301 e. The molecule has 3 aliphatic carbocycles. The minimum Gasteiger partial charge on any atom is -0.301 e. The van der Waals surface area contributed by atoms with Gasteiger partial charge in [0.25, 0.3) is 0 Å². The standard InChI is InChI=1S/C29H24N4OS/c1-17-26(33-14-8-7-13-24(33)30-17)23-16-35-28(31-23)32-27(34)29(2)15-22-18-9-3-5-11-20(18)25(29)21-12-6-4-10-19(21)22/h3-14,16,22,25H,15H2,1-2H3,(H,31,32,34). The van der Waals surface area contributed by atoms with Crippen LogP contribution in [0.5, 0.6) is 0 Å². The van der Waals surface area contributed by atoms with Crippen LogP contribution in [0, 0.1) is 12.3 Å². The number of benzene rings is 2. The van der Waals surface area contributed by atoms with Gasteiger partial charge in [0.1, 0.15) is 11.3 Å². The van der Waals surface area contributed by atoms with Gasteiger partial charge < -0.3 is 5.32 Å². The highest BCUT2D eigenvalue weighted by molar-refractivity contribution is 7.14. The second-order valence-electron chi connectivity index (χ2n) is 9.83. The van der Waals surface area contributed by atoms with Crippen molar-refractivity contribution in [3.05, 3.63) is 106 Å². The van der Waals surface area contributed by atoms with Gasteiger partial charge in [0, 0.05) is 23.4 Å². The van der Waals surface area contributed by atoms with Crippen LogP contribution < -0.4 is 5.32 Å². The van der Waals surface area contributed by atoms with Crippen LogP contribution in [0.1, 0.15) is 53.1 Å². The highest BCUT2D eigenvalue weighted by Gasteiger charge is 2.53. The molecule has 0 radical (unpaired) electrons. The van der Waals surface area contributed by atoms with Crippen molar-refractivity contribution in [2.24, 2.45) is 5.41 Å². The van der Waals surface area contributed by atoms with Gasteiger partial charge in [0.2, 0.25) is 5.91 Å². The summed E-state index contributed by atoms with van der Waals surface area (Å²) in [7, 11) is 0. The van der Waals surface area contributed by atoms with Crippen LogP contribution in [0.25, 0.3) is 17.0 Å². The van der Waals surface area contributed by atoms with Crippen LogP contribution in [0.2, 0.25) is 0 Å². The minimum atomic E-state index is -0.557. The molecule has 3 heterocycles. The highest BCUT2D eigenvalue weighted by Crippen LogP contribution is 2.61. The first kappa shape index (κ1) is 20.6. The number of hydrogen-bond donors (Lipinski definition) is 1. The number of carbonyl (C=O) groups excluding carboxylic acids is 1. The summed E-state index contributed by atoms with van der Waals surface area (Å²) >= 11 is 1.46. The lowest BCUT2D eigenvalue weighted by molar-refractivity contribution is -0.126. The van der Waals surface area contributed by atoms with Crippen molar-refractivity contribution in [3.63, 3.8) is 0 Å². The number of amides is 1. The van der Waals surface area contributed by atoms with Crippen LogP contribution in [0.15, 0.2) is 78.3 Å². The number of imidazole rings is 1. The van der Waals surface area contributed by atoms with Crippen molar-refractivity contribution in [2.45, 2.75) is 32.1 Å². The Balaban J connectivity index is 1.25. The van der Waals surface area contributed by atoms with Gasteiger partial charge >= 0.3 is 0 Å². The zero-order valence-corrected chi connectivity index (χ0v) is 20.3. The lowest BCUT2D eigenvalue weighted by Crippen LogP contribution is -2.47. The van der Waals surface area contributed by atoms with Crippen molar-refractivity contribution < 1.29 is 4.79 Å². The average molecular weight is 477 g/mol. The number of aryl methyl sites for hydroxylation is 1. The molecule has 2 bridgehead atoms. The molecular formula is C29H24N4OS. The van der Waals surface area contributed by atoms with E-state index in [2.05, 4.69) is 65.8 Å². The molecule has 1 atom stereocenters. The van der Waals surface area contributed by atoms with Gasteiger partial charge in [-0.25, -0.2) is 9.97 Å². The summed E-state index contributed by atoms with van der Waals surface area (Å²) in [5.74, 6) is 0.295. The van der Waals surface area contributed by atoms with E-state index in [1.165, 1.54) is 33.6 Å². The predicted molar refractivity (Wildman–Crippen MR) is 139 cm³/mol. The molecule has 3 aromatic heterocycles. The molecule has 0 saturated carbocycles. The quantitative estimate of drug-likeness (QED) is 0.328. The lowest BCUT2D eigenvalue weighted by atomic mass is 9.52. The molecule has 6 heteroatoms. The monoisotopic (exact) mass is 476 g/mol. The number of hydrogen-bond acceptors (Lipinski definition) is 4. The number of nitrogens with zero attached hydrogens (tertiary/aromatic N) is 3. The summed E-state index contributed by atoms with van der Waals surface area (Å²) in [6.45, 7) is 4.11. The third kappa shape index (κ3) is 2.89. The van der Waals surface area contributed by atoms with E-state index in [0.29, 0.717) is 5.13 Å². The van der Waals surface area contributed by atoms with Gasteiger partial charge in [0.05, 0.1) is 16.8 Å². The predicted octanol–water partition coefficient (Wildman–Crippen LogP) is 6.39. The minimum absolute atomic E-state index is 0.0281. The Kier molecular flexibility index (Phi) is 4.33. The molecule has 0 spiro atoms. The van der Waals surface area contributed by atoms with Gasteiger partial charge in [-0.2, -0.15) is 0 Å². The maximum atomic E-state index is 13.9. The van der Waals surface area contributed by atoms with E-state index >= 15 is 0 Å². The molecule has 3 aliphatic rings. The van der Waals surface area contributed by atoms with Gasteiger partial charge in [-0.3, -0.25) is 9.20 Å².